The predicted molar refractivity (Wildman–Crippen MR) is 46.6 cm³/mol. The summed E-state index contributed by atoms with van der Waals surface area (Å²) in [7, 11) is 0. The van der Waals surface area contributed by atoms with Crippen LogP contribution in [0.4, 0.5) is 4.79 Å². The van der Waals surface area contributed by atoms with Crippen molar-refractivity contribution in [3.8, 4) is 0 Å². The van der Waals surface area contributed by atoms with Crippen LogP contribution in [0.25, 0.3) is 10.8 Å². The fraction of sp³-hybridized carbons (Fsp3) is 0. The van der Waals surface area contributed by atoms with E-state index in [-0.39, 0.29) is 10.8 Å². The molecule has 1 aromatic carbocycles. The first kappa shape index (κ1) is 7.30. The van der Waals surface area contributed by atoms with E-state index in [2.05, 4.69) is 12.6 Å². The highest BCUT2D eigenvalue weighted by molar-refractivity contribution is 7.96. The molecule has 0 spiro atoms. The predicted octanol–water partition coefficient (Wildman–Crippen LogP) is 0.135. The van der Waals surface area contributed by atoms with Crippen LogP contribution in [-0.4, -0.2) is 9.81 Å². The lowest BCUT2D eigenvalue weighted by Crippen LogP contribution is -2.20. The van der Waals surface area contributed by atoms with Crippen LogP contribution >= 0.6 is 12.6 Å². The number of aromatic nitrogens is 1. The number of nitrogens with zero attached hydrogens (tertiary/aromatic N) is 1. The van der Waals surface area contributed by atoms with Gasteiger partial charge in [-0.05, 0) is 6.07 Å². The van der Waals surface area contributed by atoms with Crippen molar-refractivity contribution in [1.82, 2.24) is 4.57 Å². The normalized spacial score (nSPS) is 11.1. The lowest BCUT2D eigenvalue weighted by Gasteiger charge is -1.93. The highest BCUT2D eigenvalue weighted by atomic mass is 32.1. The molecule has 0 saturated carbocycles. The molecule has 12 heavy (non-hydrogen) atoms. The third-order valence-electron chi connectivity index (χ3n) is 1.71. The standard InChI is InChI=1S/C7H3NO3S/c9-5-3-1-2-8(7(11)12)6(10)4(3)5/h1-2H,(H,11,12). The summed E-state index contributed by atoms with van der Waals surface area (Å²) < 4.78 is 0.798. The van der Waals surface area contributed by atoms with Gasteiger partial charge < -0.3 is 0 Å². The van der Waals surface area contributed by atoms with E-state index in [0.29, 0.717) is 5.39 Å². The number of hydrogen-bond donors (Lipinski definition) is 1. The Morgan fingerprint density at radius 1 is 1.42 bits per heavy atom. The molecule has 2 rings (SSSR count). The molecule has 5 heteroatoms. The SMILES string of the molecule is O=C(S)n1ccc2c(=O)c2c1=O. The molecule has 0 fully saturated rings. The lowest BCUT2D eigenvalue weighted by atomic mass is 10.5. The molecule has 0 amide bonds. The van der Waals surface area contributed by atoms with Crippen LogP contribution in [0, 0.1) is 0 Å². The largest absolute Gasteiger partial charge is 0.289 e. The summed E-state index contributed by atoms with van der Waals surface area (Å²) in [6.45, 7) is 0. The summed E-state index contributed by atoms with van der Waals surface area (Å²) in [6.07, 6.45) is 1.25. The Morgan fingerprint density at radius 3 is 2.67 bits per heavy atom. The van der Waals surface area contributed by atoms with Crippen molar-refractivity contribution in [2.24, 2.45) is 0 Å². The van der Waals surface area contributed by atoms with E-state index < -0.39 is 10.8 Å². The van der Waals surface area contributed by atoms with Gasteiger partial charge in [0.05, 0.1) is 5.39 Å². The first-order valence-corrected chi connectivity index (χ1v) is 3.61. The molecule has 1 heterocycles. The number of carbonyl (C=O) groups is 1. The van der Waals surface area contributed by atoms with E-state index in [4.69, 9.17) is 0 Å². The van der Waals surface area contributed by atoms with E-state index >= 15 is 0 Å². The number of thiol groups is 1. The lowest BCUT2D eigenvalue weighted by molar-refractivity contribution is 0.262. The summed E-state index contributed by atoms with van der Waals surface area (Å²) in [5.74, 6) is 0. The monoisotopic (exact) mass is 181 g/mol. The van der Waals surface area contributed by atoms with E-state index in [0.717, 1.165) is 4.57 Å². The molecular weight excluding hydrogens is 178 g/mol. The Hall–Kier alpha value is -1.36. The van der Waals surface area contributed by atoms with Crippen molar-refractivity contribution < 1.29 is 4.79 Å². The van der Waals surface area contributed by atoms with Crippen LogP contribution in [0.3, 0.4) is 0 Å². The molecule has 0 aliphatic carbocycles. The quantitative estimate of drug-likeness (QED) is 0.588. The topological polar surface area (TPSA) is 56.1 Å². The van der Waals surface area contributed by atoms with Gasteiger partial charge in [-0.15, -0.1) is 0 Å². The van der Waals surface area contributed by atoms with Crippen LogP contribution < -0.4 is 11.0 Å². The van der Waals surface area contributed by atoms with Crippen LogP contribution in [0.5, 0.6) is 0 Å². The molecule has 2 aromatic rings. The van der Waals surface area contributed by atoms with E-state index in [1.807, 2.05) is 0 Å². The van der Waals surface area contributed by atoms with Gasteiger partial charge in [-0.2, -0.15) is 0 Å². The Bertz CT molecular complexity index is 544. The smallest absolute Gasteiger partial charge is 0.288 e. The van der Waals surface area contributed by atoms with Crippen molar-refractivity contribution in [3.63, 3.8) is 0 Å². The van der Waals surface area contributed by atoms with Gasteiger partial charge in [0.25, 0.3) is 10.8 Å². The van der Waals surface area contributed by atoms with Crippen molar-refractivity contribution >= 4 is 28.6 Å². The second-order valence-electron chi connectivity index (χ2n) is 2.39. The Kier molecular flexibility index (Phi) is 1.26. The minimum Gasteiger partial charge on any atom is -0.288 e. The Morgan fingerprint density at radius 2 is 2.08 bits per heavy atom. The van der Waals surface area contributed by atoms with Crippen LogP contribution in [0.15, 0.2) is 21.9 Å². The summed E-state index contributed by atoms with van der Waals surface area (Å²) >= 11 is 3.47. The van der Waals surface area contributed by atoms with Gasteiger partial charge in [0.1, 0.15) is 0 Å². The zero-order valence-corrected chi connectivity index (χ0v) is 6.67. The maximum atomic E-state index is 11.1. The minimum absolute atomic E-state index is 0.111. The number of rotatable bonds is 0. The van der Waals surface area contributed by atoms with Gasteiger partial charge in [-0.1, -0.05) is 12.6 Å². The molecule has 0 bridgehead atoms. The Balaban J connectivity index is 2.87. The molecule has 0 radical (unpaired) electrons. The Labute approximate surface area is 71.5 Å². The average Bonchev–Trinajstić information content (AvgIpc) is 2.63. The van der Waals surface area contributed by atoms with Gasteiger partial charge in [-0.25, -0.2) is 4.57 Å². The molecule has 0 aliphatic rings. The summed E-state index contributed by atoms with van der Waals surface area (Å²) in [5, 5.41) is -0.159. The fourth-order valence-electron chi connectivity index (χ4n) is 1.04. The van der Waals surface area contributed by atoms with Gasteiger partial charge in [0.2, 0.25) is 0 Å². The van der Waals surface area contributed by atoms with E-state index in [9.17, 15) is 14.4 Å². The minimum atomic E-state index is -0.678. The summed E-state index contributed by atoms with van der Waals surface area (Å²) in [4.78, 5) is 32.6. The molecule has 0 aliphatic heterocycles. The number of carbonyl (C=O) groups excluding carboxylic acids is 1. The van der Waals surface area contributed by atoms with Gasteiger partial charge in [-0.3, -0.25) is 14.4 Å². The second-order valence-corrected chi connectivity index (χ2v) is 2.77. The molecule has 0 unspecified atom stereocenters. The van der Waals surface area contributed by atoms with Crippen LogP contribution in [-0.2, 0) is 0 Å². The van der Waals surface area contributed by atoms with E-state index in [1.165, 1.54) is 12.3 Å². The first-order chi connectivity index (χ1) is 5.63. The molecule has 4 nitrogen and oxygen atoms in total. The summed E-state index contributed by atoms with van der Waals surface area (Å²) in [5.41, 5.74) is -0.842. The van der Waals surface area contributed by atoms with Gasteiger partial charge in [0.15, 0.2) is 5.43 Å². The van der Waals surface area contributed by atoms with Crippen molar-refractivity contribution in [2.75, 3.05) is 0 Å². The van der Waals surface area contributed by atoms with Crippen LogP contribution in [0.1, 0.15) is 0 Å². The zero-order chi connectivity index (χ0) is 8.88. The van der Waals surface area contributed by atoms with Gasteiger partial charge >= 0.3 is 0 Å². The van der Waals surface area contributed by atoms with Crippen LogP contribution in [0.2, 0.25) is 0 Å². The maximum absolute atomic E-state index is 11.1. The molecule has 0 saturated heterocycles. The molecule has 0 atom stereocenters. The highest BCUT2D eigenvalue weighted by Gasteiger charge is 2.18. The second kappa shape index (κ2) is 2.07. The highest BCUT2D eigenvalue weighted by Crippen LogP contribution is 2.07. The third-order valence-corrected chi connectivity index (χ3v) is 1.92. The number of fused-ring (bicyclic) bond motifs is 1. The zero-order valence-electron chi connectivity index (χ0n) is 5.77. The molecule has 1 aromatic heterocycles. The third kappa shape index (κ3) is 0.767. The first-order valence-electron chi connectivity index (χ1n) is 3.16. The number of pyridine rings is 1. The molecule has 0 N–H and O–H groups in total. The van der Waals surface area contributed by atoms with Crippen molar-refractivity contribution in [3.05, 3.63) is 32.8 Å². The molecular formula is C7H3NO3S. The van der Waals surface area contributed by atoms with Crippen molar-refractivity contribution in [1.29, 1.82) is 0 Å². The average molecular weight is 181 g/mol. The van der Waals surface area contributed by atoms with Gasteiger partial charge in [0, 0.05) is 11.6 Å². The maximum Gasteiger partial charge on any atom is 0.289 e. The summed E-state index contributed by atoms with van der Waals surface area (Å²) in [6, 6.07) is 1.44. The van der Waals surface area contributed by atoms with E-state index in [1.54, 1.807) is 0 Å². The molecule has 60 valence electrons. The number of hydrogen-bond acceptors (Lipinski definition) is 3. The van der Waals surface area contributed by atoms with Crippen molar-refractivity contribution in [2.45, 2.75) is 0 Å². The fourth-order valence-corrected chi connectivity index (χ4v) is 1.20.